The molecule has 0 fully saturated rings. The molecule has 0 aliphatic rings. The van der Waals surface area contributed by atoms with Gasteiger partial charge in [-0.05, 0) is 57.8 Å². The van der Waals surface area contributed by atoms with Crippen molar-refractivity contribution in [2.24, 2.45) is 0 Å². The molecule has 0 unspecified atom stereocenters. The quantitative estimate of drug-likeness (QED) is 0.0788. The Hall–Kier alpha value is -1.05. The fourth-order valence-electron chi connectivity index (χ4n) is 3.87. The van der Waals surface area contributed by atoms with Crippen molar-refractivity contribution in [1.82, 2.24) is 0 Å². The van der Waals surface area contributed by atoms with Crippen molar-refractivity contribution in [3.8, 4) is 0 Å². The van der Waals surface area contributed by atoms with Gasteiger partial charge in [0.2, 0.25) is 0 Å². The predicted molar refractivity (Wildman–Crippen MR) is 142 cm³/mol. The number of ether oxygens (including phenoxy) is 1. The van der Waals surface area contributed by atoms with Crippen LogP contribution in [0.4, 0.5) is 0 Å². The Morgan fingerprint density at radius 2 is 0.906 bits per heavy atom. The molecule has 0 saturated heterocycles. The number of carbonyl (C=O) groups is 1. The van der Waals surface area contributed by atoms with Gasteiger partial charge in [-0.3, -0.25) is 4.79 Å². The van der Waals surface area contributed by atoms with Gasteiger partial charge < -0.3 is 4.74 Å². The highest BCUT2D eigenvalue weighted by Gasteiger charge is 2.02. The third kappa shape index (κ3) is 27.0. The van der Waals surface area contributed by atoms with Crippen molar-refractivity contribution < 1.29 is 9.53 Å². The zero-order valence-electron chi connectivity index (χ0n) is 21.9. The molecule has 0 N–H and O–H groups in total. The van der Waals surface area contributed by atoms with E-state index in [2.05, 4.69) is 38.2 Å². The van der Waals surface area contributed by atoms with E-state index in [1.807, 2.05) is 0 Å². The van der Waals surface area contributed by atoms with Gasteiger partial charge in [-0.2, -0.15) is 0 Å². The fourth-order valence-corrected chi connectivity index (χ4v) is 3.87. The van der Waals surface area contributed by atoms with E-state index >= 15 is 0 Å². The molecule has 0 aromatic heterocycles. The topological polar surface area (TPSA) is 26.3 Å². The van der Waals surface area contributed by atoms with Crippen LogP contribution in [-0.4, -0.2) is 12.6 Å². The number of unbranched alkanes of at least 4 members (excludes halogenated alkanes) is 17. The molecule has 0 rings (SSSR count). The van der Waals surface area contributed by atoms with Gasteiger partial charge in [0.15, 0.2) is 0 Å². The Balaban J connectivity index is 3.22. The zero-order chi connectivity index (χ0) is 23.4. The SMILES string of the molecule is CCCC/C=C/CCCCCCCCOC(=O)CCCCCCC/C=C\CCCCCC. The van der Waals surface area contributed by atoms with Crippen LogP contribution in [0.25, 0.3) is 0 Å². The van der Waals surface area contributed by atoms with Crippen LogP contribution in [0.1, 0.15) is 155 Å². The third-order valence-electron chi connectivity index (χ3n) is 6.06. The van der Waals surface area contributed by atoms with E-state index in [9.17, 15) is 4.79 Å². The summed E-state index contributed by atoms with van der Waals surface area (Å²) in [6, 6.07) is 0. The molecule has 0 spiro atoms. The molecule has 0 aromatic rings. The summed E-state index contributed by atoms with van der Waals surface area (Å²) in [7, 11) is 0. The highest BCUT2D eigenvalue weighted by molar-refractivity contribution is 5.69. The summed E-state index contributed by atoms with van der Waals surface area (Å²) in [5.41, 5.74) is 0. The Labute approximate surface area is 201 Å². The van der Waals surface area contributed by atoms with E-state index in [1.54, 1.807) is 0 Å². The lowest BCUT2D eigenvalue weighted by Crippen LogP contribution is -2.05. The highest BCUT2D eigenvalue weighted by atomic mass is 16.5. The molecule has 0 saturated carbocycles. The second-order valence-corrected chi connectivity index (χ2v) is 9.37. The van der Waals surface area contributed by atoms with Crippen LogP contribution < -0.4 is 0 Å². The lowest BCUT2D eigenvalue weighted by atomic mass is 10.1. The van der Waals surface area contributed by atoms with Crippen LogP contribution in [0.15, 0.2) is 24.3 Å². The lowest BCUT2D eigenvalue weighted by molar-refractivity contribution is -0.143. The molecule has 32 heavy (non-hydrogen) atoms. The van der Waals surface area contributed by atoms with Gasteiger partial charge in [0.05, 0.1) is 6.61 Å². The van der Waals surface area contributed by atoms with Gasteiger partial charge in [0, 0.05) is 6.42 Å². The first-order valence-corrected chi connectivity index (χ1v) is 14.3. The lowest BCUT2D eigenvalue weighted by Gasteiger charge is -2.05. The molecule has 0 atom stereocenters. The number of hydrogen-bond donors (Lipinski definition) is 0. The maximum Gasteiger partial charge on any atom is 0.305 e. The summed E-state index contributed by atoms with van der Waals surface area (Å²) >= 11 is 0. The highest BCUT2D eigenvalue weighted by Crippen LogP contribution is 2.11. The summed E-state index contributed by atoms with van der Waals surface area (Å²) in [4.78, 5) is 11.8. The molecule has 0 aromatic carbocycles. The molecule has 2 heteroatoms. The van der Waals surface area contributed by atoms with Crippen molar-refractivity contribution in [1.29, 1.82) is 0 Å². The first kappa shape index (κ1) is 30.9. The van der Waals surface area contributed by atoms with Gasteiger partial charge in [0.25, 0.3) is 0 Å². The summed E-state index contributed by atoms with van der Waals surface area (Å²) < 4.78 is 5.38. The van der Waals surface area contributed by atoms with E-state index in [-0.39, 0.29) is 5.97 Å². The van der Waals surface area contributed by atoms with Gasteiger partial charge in [-0.1, -0.05) is 115 Å². The Morgan fingerprint density at radius 1 is 0.500 bits per heavy atom. The second-order valence-electron chi connectivity index (χ2n) is 9.37. The van der Waals surface area contributed by atoms with E-state index in [1.165, 1.54) is 116 Å². The summed E-state index contributed by atoms with van der Waals surface area (Å²) in [5, 5.41) is 0. The van der Waals surface area contributed by atoms with E-state index < -0.39 is 0 Å². The van der Waals surface area contributed by atoms with E-state index in [0.29, 0.717) is 13.0 Å². The Kier molecular flexibility index (Phi) is 27.1. The normalized spacial score (nSPS) is 11.7. The van der Waals surface area contributed by atoms with Crippen LogP contribution in [0.5, 0.6) is 0 Å². The molecule has 0 aliphatic heterocycles. The maximum absolute atomic E-state index is 11.8. The second kappa shape index (κ2) is 28.0. The number of allylic oxidation sites excluding steroid dienone is 4. The van der Waals surface area contributed by atoms with E-state index in [0.717, 1.165) is 19.3 Å². The average Bonchev–Trinajstić information content (AvgIpc) is 2.80. The number of esters is 1. The van der Waals surface area contributed by atoms with Gasteiger partial charge >= 0.3 is 5.97 Å². The monoisotopic (exact) mass is 448 g/mol. The minimum absolute atomic E-state index is 0.00543. The molecule has 0 amide bonds. The summed E-state index contributed by atoms with van der Waals surface area (Å²) in [6.07, 6.45) is 36.3. The van der Waals surface area contributed by atoms with Crippen LogP contribution in [0, 0.1) is 0 Å². The fraction of sp³-hybridized carbons (Fsp3) is 0.833. The minimum Gasteiger partial charge on any atom is -0.466 e. The summed E-state index contributed by atoms with van der Waals surface area (Å²) in [6.45, 7) is 5.12. The van der Waals surface area contributed by atoms with Crippen LogP contribution in [0.3, 0.4) is 0 Å². The number of hydrogen-bond acceptors (Lipinski definition) is 2. The standard InChI is InChI=1S/C30H56O2/c1-3-5-7-9-11-13-15-17-18-20-22-24-26-28-30(31)32-29-27-25-23-21-19-16-14-12-10-8-6-4-2/h10,12-13,15H,3-9,11,14,16-29H2,1-2H3/b12-10+,15-13-. The molecule has 0 heterocycles. The molecule has 2 nitrogen and oxygen atoms in total. The van der Waals surface area contributed by atoms with Crippen molar-refractivity contribution in [2.45, 2.75) is 155 Å². The van der Waals surface area contributed by atoms with Crippen molar-refractivity contribution >= 4 is 5.97 Å². The minimum atomic E-state index is 0.00543. The molecule has 0 bridgehead atoms. The molecular formula is C30H56O2. The Bertz CT molecular complexity index is 425. The van der Waals surface area contributed by atoms with Crippen molar-refractivity contribution in [3.05, 3.63) is 24.3 Å². The largest absolute Gasteiger partial charge is 0.466 e. The van der Waals surface area contributed by atoms with Crippen LogP contribution in [0.2, 0.25) is 0 Å². The average molecular weight is 449 g/mol. The van der Waals surface area contributed by atoms with Crippen molar-refractivity contribution in [3.63, 3.8) is 0 Å². The smallest absolute Gasteiger partial charge is 0.305 e. The van der Waals surface area contributed by atoms with Crippen molar-refractivity contribution in [2.75, 3.05) is 6.61 Å². The zero-order valence-corrected chi connectivity index (χ0v) is 21.9. The molecule has 0 aliphatic carbocycles. The number of rotatable bonds is 25. The van der Waals surface area contributed by atoms with Crippen LogP contribution in [-0.2, 0) is 9.53 Å². The van der Waals surface area contributed by atoms with Gasteiger partial charge in [-0.15, -0.1) is 0 Å². The first-order valence-electron chi connectivity index (χ1n) is 14.3. The third-order valence-corrected chi connectivity index (χ3v) is 6.06. The van der Waals surface area contributed by atoms with E-state index in [4.69, 9.17) is 4.74 Å². The summed E-state index contributed by atoms with van der Waals surface area (Å²) in [5.74, 6) is 0.00543. The number of carbonyl (C=O) groups excluding carboxylic acids is 1. The van der Waals surface area contributed by atoms with Gasteiger partial charge in [0.1, 0.15) is 0 Å². The molecule has 0 radical (unpaired) electrons. The Morgan fingerprint density at radius 3 is 1.44 bits per heavy atom. The molecular weight excluding hydrogens is 392 g/mol. The van der Waals surface area contributed by atoms with Crippen LogP contribution >= 0.6 is 0 Å². The maximum atomic E-state index is 11.8. The molecule has 188 valence electrons. The van der Waals surface area contributed by atoms with Gasteiger partial charge in [-0.25, -0.2) is 0 Å². The first-order chi connectivity index (χ1) is 15.8. The predicted octanol–water partition coefficient (Wildman–Crippen LogP) is 10.3.